The van der Waals surface area contributed by atoms with Crippen LogP contribution in [0.3, 0.4) is 0 Å². The minimum Gasteiger partial charge on any atom is -0.355 e. The number of nitrogens with zero attached hydrogens (tertiary/aromatic N) is 4. The zero-order valence-corrected chi connectivity index (χ0v) is 17.3. The fraction of sp³-hybridized carbons (Fsp3) is 0.667. The van der Waals surface area contributed by atoms with Crippen LogP contribution < -0.4 is 5.32 Å². The number of nitrogens with one attached hydrogen (secondary N) is 1. The largest absolute Gasteiger partial charge is 0.355 e. The molecule has 0 saturated carbocycles. The third kappa shape index (κ3) is 6.76. The summed E-state index contributed by atoms with van der Waals surface area (Å²) in [6, 6.07) is 0. The van der Waals surface area contributed by atoms with Gasteiger partial charge in [-0.1, -0.05) is 41.8 Å². The van der Waals surface area contributed by atoms with Crippen molar-refractivity contribution in [2.24, 2.45) is 0 Å². The average molecular weight is 418 g/mol. The Hall–Kier alpha value is -1.33. The molecule has 11 heteroatoms. The van der Waals surface area contributed by atoms with Crippen molar-refractivity contribution in [3.05, 3.63) is 0 Å². The van der Waals surface area contributed by atoms with Crippen molar-refractivity contribution in [2.75, 3.05) is 44.2 Å². The van der Waals surface area contributed by atoms with Crippen LogP contribution in [-0.4, -0.2) is 81.9 Å². The lowest BCUT2D eigenvalue weighted by Crippen LogP contribution is -2.50. The highest BCUT2D eigenvalue weighted by Crippen LogP contribution is 2.28. The Bertz CT molecular complexity index is 632. The van der Waals surface area contributed by atoms with Crippen LogP contribution in [0.15, 0.2) is 8.68 Å². The van der Waals surface area contributed by atoms with Gasteiger partial charge >= 0.3 is 0 Å². The van der Waals surface area contributed by atoms with Gasteiger partial charge in [-0.05, 0) is 6.42 Å². The molecule has 1 aliphatic rings. The maximum atomic E-state index is 12.3. The summed E-state index contributed by atoms with van der Waals surface area (Å²) in [5.74, 6) is 0.700. The van der Waals surface area contributed by atoms with Gasteiger partial charge < -0.3 is 15.1 Å². The molecule has 1 aliphatic heterocycles. The van der Waals surface area contributed by atoms with Gasteiger partial charge in [0.1, 0.15) is 0 Å². The van der Waals surface area contributed by atoms with Crippen molar-refractivity contribution >= 4 is 52.6 Å². The molecule has 1 aromatic rings. The second-order valence-corrected chi connectivity index (χ2v) is 9.07. The molecule has 0 bridgehead atoms. The van der Waals surface area contributed by atoms with Crippen LogP contribution in [-0.2, 0) is 14.4 Å². The Kier molecular flexibility index (Phi) is 8.66. The van der Waals surface area contributed by atoms with Crippen molar-refractivity contribution in [1.82, 2.24) is 25.3 Å². The van der Waals surface area contributed by atoms with E-state index in [1.807, 2.05) is 6.92 Å². The van der Waals surface area contributed by atoms with Crippen LogP contribution in [0.25, 0.3) is 0 Å². The number of thioether (sulfide) groups is 2. The summed E-state index contributed by atoms with van der Waals surface area (Å²) in [5, 5.41) is 10.9. The zero-order valence-electron chi connectivity index (χ0n) is 14.9. The van der Waals surface area contributed by atoms with E-state index in [0.29, 0.717) is 44.2 Å². The molecule has 0 atom stereocenters. The monoisotopic (exact) mass is 417 g/mol. The number of carbonyl (C=O) groups excluding carboxylic acids is 3. The SMILES string of the molecule is CCCNC(=O)CSc1nnc(SCC(=O)N2CCN(C(C)=O)CC2)s1. The highest BCUT2D eigenvalue weighted by atomic mass is 32.2. The standard InChI is InChI=1S/C15H23N5O3S3/c1-3-4-16-12(22)9-24-14-17-18-15(26-14)25-10-13(23)20-7-5-19(6-8-20)11(2)21/h3-10H2,1-2H3,(H,16,22). The Labute approximate surface area is 165 Å². The number of amides is 3. The van der Waals surface area contributed by atoms with Gasteiger partial charge in [-0.25, -0.2) is 0 Å². The third-order valence-electron chi connectivity index (χ3n) is 3.68. The van der Waals surface area contributed by atoms with Gasteiger partial charge in [0, 0.05) is 39.6 Å². The Morgan fingerprint density at radius 1 is 1.04 bits per heavy atom. The van der Waals surface area contributed by atoms with Crippen LogP contribution in [0.2, 0.25) is 0 Å². The number of rotatable bonds is 8. The number of aromatic nitrogens is 2. The van der Waals surface area contributed by atoms with Crippen LogP contribution in [0.1, 0.15) is 20.3 Å². The fourth-order valence-electron chi connectivity index (χ4n) is 2.24. The minimum atomic E-state index is -0.0128. The topological polar surface area (TPSA) is 95.5 Å². The summed E-state index contributed by atoms with van der Waals surface area (Å²) < 4.78 is 1.44. The van der Waals surface area contributed by atoms with Gasteiger partial charge in [-0.15, -0.1) is 10.2 Å². The molecular formula is C15H23N5O3S3. The van der Waals surface area contributed by atoms with Crippen LogP contribution in [0.4, 0.5) is 0 Å². The lowest BCUT2D eigenvalue weighted by atomic mass is 10.3. The van der Waals surface area contributed by atoms with Gasteiger partial charge in [0.05, 0.1) is 11.5 Å². The van der Waals surface area contributed by atoms with Crippen molar-refractivity contribution in [1.29, 1.82) is 0 Å². The summed E-state index contributed by atoms with van der Waals surface area (Å²) in [6.45, 7) is 6.56. The van der Waals surface area contributed by atoms with Crippen molar-refractivity contribution < 1.29 is 14.4 Å². The maximum Gasteiger partial charge on any atom is 0.233 e. The van der Waals surface area contributed by atoms with Crippen molar-refractivity contribution in [3.63, 3.8) is 0 Å². The molecule has 26 heavy (non-hydrogen) atoms. The summed E-state index contributed by atoms with van der Waals surface area (Å²) in [4.78, 5) is 38.7. The first-order valence-electron chi connectivity index (χ1n) is 8.38. The smallest absolute Gasteiger partial charge is 0.233 e. The molecule has 1 saturated heterocycles. The summed E-state index contributed by atoms with van der Waals surface area (Å²) in [7, 11) is 0. The Balaban J connectivity index is 1.70. The van der Waals surface area contributed by atoms with Gasteiger partial charge in [-0.2, -0.15) is 0 Å². The molecule has 1 aromatic heterocycles. The van der Waals surface area contributed by atoms with E-state index in [0.717, 1.165) is 15.1 Å². The van der Waals surface area contributed by atoms with Crippen LogP contribution in [0, 0.1) is 0 Å². The first-order valence-corrected chi connectivity index (χ1v) is 11.2. The molecule has 1 N–H and O–H groups in total. The van der Waals surface area contributed by atoms with E-state index in [4.69, 9.17) is 0 Å². The lowest BCUT2D eigenvalue weighted by molar-refractivity contribution is -0.136. The Morgan fingerprint density at radius 2 is 1.62 bits per heavy atom. The minimum absolute atomic E-state index is 0.0128. The molecule has 3 amide bonds. The second kappa shape index (κ2) is 10.7. The normalized spacial score (nSPS) is 14.4. The van der Waals surface area contributed by atoms with E-state index >= 15 is 0 Å². The maximum absolute atomic E-state index is 12.3. The first-order chi connectivity index (χ1) is 12.5. The molecular weight excluding hydrogens is 394 g/mol. The fourth-order valence-corrected chi connectivity index (χ4v) is 4.99. The highest BCUT2D eigenvalue weighted by Gasteiger charge is 2.22. The molecule has 0 unspecified atom stereocenters. The average Bonchev–Trinajstić information content (AvgIpc) is 3.10. The first kappa shape index (κ1) is 21.0. The molecule has 0 radical (unpaired) electrons. The lowest BCUT2D eigenvalue weighted by Gasteiger charge is -2.34. The predicted octanol–water partition coefficient (Wildman–Crippen LogP) is 0.939. The summed E-state index contributed by atoms with van der Waals surface area (Å²) in [5.41, 5.74) is 0. The highest BCUT2D eigenvalue weighted by molar-refractivity contribution is 8.03. The van der Waals surface area contributed by atoms with Crippen molar-refractivity contribution in [2.45, 2.75) is 28.9 Å². The van der Waals surface area contributed by atoms with E-state index in [2.05, 4.69) is 15.5 Å². The molecule has 8 nitrogen and oxygen atoms in total. The number of hydrogen-bond acceptors (Lipinski definition) is 8. The van der Waals surface area contributed by atoms with E-state index in [1.165, 1.54) is 34.9 Å². The van der Waals surface area contributed by atoms with E-state index < -0.39 is 0 Å². The second-order valence-electron chi connectivity index (χ2n) is 5.65. The van der Waals surface area contributed by atoms with Crippen LogP contribution in [0.5, 0.6) is 0 Å². The molecule has 0 aliphatic carbocycles. The third-order valence-corrected chi connectivity index (χ3v) is 6.86. The molecule has 1 fully saturated rings. The predicted molar refractivity (Wildman–Crippen MR) is 103 cm³/mol. The number of carbonyl (C=O) groups is 3. The van der Waals surface area contributed by atoms with Gasteiger partial charge in [0.2, 0.25) is 17.7 Å². The Morgan fingerprint density at radius 3 is 2.19 bits per heavy atom. The van der Waals surface area contributed by atoms with E-state index in [-0.39, 0.29) is 17.7 Å². The van der Waals surface area contributed by atoms with E-state index in [1.54, 1.807) is 16.7 Å². The van der Waals surface area contributed by atoms with Gasteiger partial charge in [0.15, 0.2) is 8.68 Å². The van der Waals surface area contributed by atoms with Gasteiger partial charge in [0.25, 0.3) is 0 Å². The summed E-state index contributed by atoms with van der Waals surface area (Å²) in [6.07, 6.45) is 0.911. The van der Waals surface area contributed by atoms with Crippen molar-refractivity contribution in [3.8, 4) is 0 Å². The molecule has 144 valence electrons. The van der Waals surface area contributed by atoms with E-state index in [9.17, 15) is 14.4 Å². The molecule has 0 spiro atoms. The molecule has 2 heterocycles. The van der Waals surface area contributed by atoms with Crippen LogP contribution >= 0.6 is 34.9 Å². The van der Waals surface area contributed by atoms with Gasteiger partial charge in [-0.3, -0.25) is 14.4 Å². The number of piperazine rings is 1. The number of hydrogen-bond donors (Lipinski definition) is 1. The quantitative estimate of drug-likeness (QED) is 0.629. The molecule has 2 rings (SSSR count). The summed E-state index contributed by atoms with van der Waals surface area (Å²) >= 11 is 4.10. The molecule has 0 aromatic carbocycles. The zero-order chi connectivity index (χ0) is 18.9.